The highest BCUT2D eigenvalue weighted by atomic mass is 35.5. The van der Waals surface area contributed by atoms with Gasteiger partial charge in [-0.25, -0.2) is 5.43 Å². The van der Waals surface area contributed by atoms with E-state index in [-0.39, 0.29) is 10.1 Å². The Morgan fingerprint density at radius 2 is 2.31 bits per heavy atom. The number of hydrogen-bond acceptors (Lipinski definition) is 4. The summed E-state index contributed by atoms with van der Waals surface area (Å²) in [6, 6.07) is 0. The summed E-state index contributed by atoms with van der Waals surface area (Å²) in [6.07, 6.45) is 1.90. The van der Waals surface area contributed by atoms with Crippen molar-refractivity contribution >= 4 is 29.5 Å². The number of aldehydes is 1. The standard InChI is InChI=1S/C7H8Cl2N2O2/c8-4-1-5(9)6(13)7(2-4,3-12)11-10/h1-3,6,11,13H,10H2/t6-,7+/m1/s1. The van der Waals surface area contributed by atoms with Crippen LogP contribution in [0.4, 0.5) is 0 Å². The fraction of sp³-hybridized carbons (Fsp3) is 0.286. The molecule has 0 radical (unpaired) electrons. The molecule has 0 heterocycles. The van der Waals surface area contributed by atoms with Crippen molar-refractivity contribution in [2.45, 2.75) is 11.6 Å². The van der Waals surface area contributed by atoms with Gasteiger partial charge in [-0.15, -0.1) is 0 Å². The van der Waals surface area contributed by atoms with Gasteiger partial charge in [0, 0.05) is 5.03 Å². The number of halogens is 2. The molecule has 2 atom stereocenters. The van der Waals surface area contributed by atoms with E-state index < -0.39 is 11.6 Å². The molecular weight excluding hydrogens is 215 g/mol. The minimum Gasteiger partial charge on any atom is -0.385 e. The highest BCUT2D eigenvalue weighted by Crippen LogP contribution is 2.29. The van der Waals surface area contributed by atoms with Crippen molar-refractivity contribution in [1.82, 2.24) is 5.43 Å². The molecule has 0 aliphatic heterocycles. The Balaban J connectivity index is 3.13. The maximum absolute atomic E-state index is 10.7. The van der Waals surface area contributed by atoms with E-state index >= 15 is 0 Å². The van der Waals surface area contributed by atoms with Gasteiger partial charge in [-0.3, -0.25) is 5.84 Å². The summed E-state index contributed by atoms with van der Waals surface area (Å²) >= 11 is 11.3. The number of hydrogen-bond donors (Lipinski definition) is 3. The van der Waals surface area contributed by atoms with E-state index in [2.05, 4.69) is 5.43 Å². The van der Waals surface area contributed by atoms with Crippen molar-refractivity contribution in [1.29, 1.82) is 0 Å². The Kier molecular flexibility index (Phi) is 3.10. The number of carbonyl (C=O) groups is 1. The maximum Gasteiger partial charge on any atom is 0.148 e. The van der Waals surface area contributed by atoms with Crippen LogP contribution in [0.2, 0.25) is 0 Å². The lowest BCUT2D eigenvalue weighted by Crippen LogP contribution is -2.58. The summed E-state index contributed by atoms with van der Waals surface area (Å²) in [5, 5.41) is 9.85. The zero-order chi connectivity index (χ0) is 10.1. The third-order valence-corrected chi connectivity index (χ3v) is 2.35. The van der Waals surface area contributed by atoms with Gasteiger partial charge >= 0.3 is 0 Å². The molecular formula is C7H8Cl2N2O2. The summed E-state index contributed by atoms with van der Waals surface area (Å²) in [7, 11) is 0. The molecule has 1 aliphatic carbocycles. The van der Waals surface area contributed by atoms with Crippen molar-refractivity contribution in [2.24, 2.45) is 5.84 Å². The molecule has 1 rings (SSSR count). The quantitative estimate of drug-likeness (QED) is 0.350. The first-order chi connectivity index (χ1) is 6.05. The molecule has 0 bridgehead atoms. The van der Waals surface area contributed by atoms with Crippen LogP contribution >= 0.6 is 23.2 Å². The van der Waals surface area contributed by atoms with Gasteiger partial charge in [0.05, 0.1) is 5.03 Å². The van der Waals surface area contributed by atoms with E-state index in [4.69, 9.17) is 29.0 Å². The normalized spacial score (nSPS) is 33.7. The minimum absolute atomic E-state index is 0.0672. The third-order valence-electron chi connectivity index (χ3n) is 1.81. The number of carbonyl (C=O) groups excluding carboxylic acids is 1. The first-order valence-corrected chi connectivity index (χ1v) is 4.19. The third kappa shape index (κ3) is 1.77. The number of aliphatic hydroxyl groups is 1. The number of rotatable bonds is 2. The van der Waals surface area contributed by atoms with Crippen molar-refractivity contribution in [3.63, 3.8) is 0 Å². The minimum atomic E-state index is -1.43. The van der Waals surface area contributed by atoms with E-state index in [0.29, 0.717) is 6.29 Å². The van der Waals surface area contributed by atoms with Crippen molar-refractivity contribution in [3.05, 3.63) is 22.2 Å². The van der Waals surface area contributed by atoms with Crippen LogP contribution in [0, 0.1) is 0 Å². The summed E-state index contributed by atoms with van der Waals surface area (Å²) in [4.78, 5) is 10.7. The molecule has 4 nitrogen and oxygen atoms in total. The molecule has 0 spiro atoms. The fourth-order valence-electron chi connectivity index (χ4n) is 1.04. The smallest absolute Gasteiger partial charge is 0.148 e. The van der Waals surface area contributed by atoms with Crippen LogP contribution in [0.1, 0.15) is 0 Å². The number of aliphatic hydroxyl groups excluding tert-OH is 1. The average Bonchev–Trinajstić information content (AvgIpc) is 2.11. The number of nitrogens with one attached hydrogen (secondary N) is 1. The van der Waals surface area contributed by atoms with Crippen molar-refractivity contribution in [2.75, 3.05) is 0 Å². The fourth-order valence-corrected chi connectivity index (χ4v) is 1.69. The summed E-state index contributed by atoms with van der Waals surface area (Å²) in [5.74, 6) is 5.13. The molecule has 0 unspecified atom stereocenters. The molecule has 0 aromatic rings. The van der Waals surface area contributed by atoms with Crippen molar-refractivity contribution in [3.8, 4) is 0 Å². The Morgan fingerprint density at radius 3 is 2.77 bits per heavy atom. The molecule has 4 N–H and O–H groups in total. The molecule has 0 fully saturated rings. The van der Waals surface area contributed by atoms with Gasteiger partial charge in [-0.2, -0.15) is 0 Å². The average molecular weight is 223 g/mol. The first-order valence-electron chi connectivity index (χ1n) is 3.43. The molecule has 0 saturated carbocycles. The van der Waals surface area contributed by atoms with Gasteiger partial charge in [-0.05, 0) is 12.2 Å². The zero-order valence-electron chi connectivity index (χ0n) is 6.50. The first kappa shape index (κ1) is 10.7. The van der Waals surface area contributed by atoms with Crippen LogP contribution in [0.5, 0.6) is 0 Å². The van der Waals surface area contributed by atoms with E-state index in [1.165, 1.54) is 12.2 Å². The maximum atomic E-state index is 10.7. The molecule has 72 valence electrons. The molecule has 0 saturated heterocycles. The summed E-state index contributed by atoms with van der Waals surface area (Å²) in [6.45, 7) is 0. The summed E-state index contributed by atoms with van der Waals surface area (Å²) in [5.41, 5.74) is 0.746. The second kappa shape index (κ2) is 3.77. The summed E-state index contributed by atoms with van der Waals surface area (Å²) < 4.78 is 0. The van der Waals surface area contributed by atoms with Crippen LogP contribution in [0.3, 0.4) is 0 Å². The lowest BCUT2D eigenvalue weighted by atomic mass is 9.90. The lowest BCUT2D eigenvalue weighted by Gasteiger charge is -2.31. The second-order valence-corrected chi connectivity index (χ2v) is 3.53. The van der Waals surface area contributed by atoms with Crippen LogP contribution in [-0.4, -0.2) is 23.0 Å². The Bertz CT molecular complexity index is 290. The Hall–Kier alpha value is -0.390. The van der Waals surface area contributed by atoms with Crippen LogP contribution in [0.25, 0.3) is 0 Å². The highest BCUT2D eigenvalue weighted by molar-refractivity contribution is 6.35. The van der Waals surface area contributed by atoms with Gasteiger partial charge < -0.3 is 9.90 Å². The molecule has 0 amide bonds. The van der Waals surface area contributed by atoms with Crippen LogP contribution < -0.4 is 11.3 Å². The molecule has 1 aliphatic rings. The second-order valence-electron chi connectivity index (χ2n) is 2.66. The monoisotopic (exact) mass is 222 g/mol. The Labute approximate surface area is 85.0 Å². The van der Waals surface area contributed by atoms with Crippen LogP contribution in [-0.2, 0) is 4.79 Å². The van der Waals surface area contributed by atoms with E-state index in [9.17, 15) is 9.90 Å². The van der Waals surface area contributed by atoms with Crippen molar-refractivity contribution < 1.29 is 9.90 Å². The van der Waals surface area contributed by atoms with Crippen LogP contribution in [0.15, 0.2) is 22.2 Å². The van der Waals surface area contributed by atoms with E-state index in [1.807, 2.05) is 0 Å². The SMILES string of the molecule is NN[C@]1(C=O)C=C(Cl)C=C(Cl)[C@H]1O. The number of allylic oxidation sites excluding steroid dienone is 2. The largest absolute Gasteiger partial charge is 0.385 e. The number of nitrogens with two attached hydrogens (primary N) is 1. The molecule has 6 heteroatoms. The lowest BCUT2D eigenvalue weighted by molar-refractivity contribution is -0.114. The Morgan fingerprint density at radius 1 is 1.69 bits per heavy atom. The van der Waals surface area contributed by atoms with Gasteiger partial charge in [-0.1, -0.05) is 23.2 Å². The van der Waals surface area contributed by atoms with E-state index in [0.717, 1.165) is 0 Å². The van der Waals surface area contributed by atoms with E-state index in [1.54, 1.807) is 0 Å². The highest BCUT2D eigenvalue weighted by Gasteiger charge is 2.39. The van der Waals surface area contributed by atoms with Gasteiger partial charge in [0.15, 0.2) is 0 Å². The van der Waals surface area contributed by atoms with Gasteiger partial charge in [0.25, 0.3) is 0 Å². The predicted octanol–water partition coefficient (Wildman–Crippen LogP) is 0.00730. The van der Waals surface area contributed by atoms with Gasteiger partial charge in [0.2, 0.25) is 0 Å². The topological polar surface area (TPSA) is 75.3 Å². The molecule has 0 aromatic carbocycles. The molecule has 13 heavy (non-hydrogen) atoms. The molecule has 0 aromatic heterocycles. The number of hydrazine groups is 1. The van der Waals surface area contributed by atoms with Gasteiger partial charge in [0.1, 0.15) is 17.9 Å². The zero-order valence-corrected chi connectivity index (χ0v) is 8.01. The predicted molar refractivity (Wildman–Crippen MR) is 50.0 cm³/mol.